The van der Waals surface area contributed by atoms with Crippen LogP contribution >= 0.6 is 0 Å². The molecule has 1 rings (SSSR count). The minimum absolute atomic E-state index is 0.384. The second-order valence-electron chi connectivity index (χ2n) is 5.72. The lowest BCUT2D eigenvalue weighted by atomic mass is 10.1. The van der Waals surface area contributed by atoms with Gasteiger partial charge in [-0.2, -0.15) is 0 Å². The molecule has 18 heavy (non-hydrogen) atoms. The predicted molar refractivity (Wildman–Crippen MR) is 73.5 cm³/mol. The molecule has 4 heteroatoms. The van der Waals surface area contributed by atoms with E-state index in [0.717, 1.165) is 11.5 Å². The van der Waals surface area contributed by atoms with Crippen molar-refractivity contribution in [1.29, 1.82) is 0 Å². The van der Waals surface area contributed by atoms with E-state index < -0.39 is 5.60 Å². The van der Waals surface area contributed by atoms with E-state index >= 15 is 0 Å². The van der Waals surface area contributed by atoms with Gasteiger partial charge in [0, 0.05) is 19.1 Å². The van der Waals surface area contributed by atoms with Crippen molar-refractivity contribution in [2.75, 3.05) is 20.1 Å². The lowest BCUT2D eigenvalue weighted by Gasteiger charge is -2.29. The maximum Gasteiger partial charge on any atom is 0.118 e. The van der Waals surface area contributed by atoms with Crippen LogP contribution in [0.5, 0.6) is 0 Å². The summed E-state index contributed by atoms with van der Waals surface area (Å²) >= 11 is 0. The number of aliphatic hydroxyl groups is 1. The molecule has 0 aliphatic heterocycles. The zero-order chi connectivity index (χ0) is 13.8. The van der Waals surface area contributed by atoms with E-state index in [1.807, 2.05) is 33.0 Å². The molecule has 1 unspecified atom stereocenters. The molecular formula is C14H26N2O2. The van der Waals surface area contributed by atoms with E-state index in [2.05, 4.69) is 24.1 Å². The van der Waals surface area contributed by atoms with Crippen LogP contribution in [0, 0.1) is 6.92 Å². The Kier molecular flexibility index (Phi) is 5.38. The summed E-state index contributed by atoms with van der Waals surface area (Å²) in [5, 5.41) is 13.5. The van der Waals surface area contributed by atoms with E-state index in [1.54, 1.807) is 0 Å². The lowest BCUT2D eigenvalue weighted by Crippen LogP contribution is -2.47. The van der Waals surface area contributed by atoms with Crippen LogP contribution in [0.15, 0.2) is 16.5 Å². The fourth-order valence-electron chi connectivity index (χ4n) is 1.95. The molecule has 1 aromatic heterocycles. The SMILES string of the molecule is Cc1ccc(CN(C)CC(C)(O)CNC(C)C)o1. The third-order valence-corrected chi connectivity index (χ3v) is 2.72. The topological polar surface area (TPSA) is 48.6 Å². The van der Waals surface area contributed by atoms with Gasteiger partial charge in [-0.1, -0.05) is 13.8 Å². The molecule has 1 aromatic rings. The quantitative estimate of drug-likeness (QED) is 0.778. The van der Waals surface area contributed by atoms with Gasteiger partial charge in [-0.15, -0.1) is 0 Å². The van der Waals surface area contributed by atoms with Crippen LogP contribution in [0.2, 0.25) is 0 Å². The smallest absolute Gasteiger partial charge is 0.118 e. The van der Waals surface area contributed by atoms with Crippen molar-refractivity contribution in [3.8, 4) is 0 Å². The monoisotopic (exact) mass is 254 g/mol. The first-order valence-corrected chi connectivity index (χ1v) is 6.48. The summed E-state index contributed by atoms with van der Waals surface area (Å²) in [7, 11) is 1.99. The highest BCUT2D eigenvalue weighted by molar-refractivity contribution is 5.05. The summed E-state index contributed by atoms with van der Waals surface area (Å²) in [4.78, 5) is 2.07. The summed E-state index contributed by atoms with van der Waals surface area (Å²) in [6.07, 6.45) is 0. The van der Waals surface area contributed by atoms with Gasteiger partial charge in [0.1, 0.15) is 11.5 Å². The van der Waals surface area contributed by atoms with Crippen molar-refractivity contribution >= 4 is 0 Å². The Bertz CT molecular complexity index is 358. The second-order valence-corrected chi connectivity index (χ2v) is 5.72. The largest absolute Gasteiger partial charge is 0.465 e. The summed E-state index contributed by atoms with van der Waals surface area (Å²) in [5.74, 6) is 1.86. The van der Waals surface area contributed by atoms with Crippen molar-refractivity contribution < 1.29 is 9.52 Å². The normalized spacial score (nSPS) is 15.3. The summed E-state index contributed by atoms with van der Waals surface area (Å²) < 4.78 is 5.53. The average molecular weight is 254 g/mol. The lowest BCUT2D eigenvalue weighted by molar-refractivity contribution is 0.0225. The standard InChI is InChI=1S/C14H26N2O2/c1-11(2)15-9-14(4,17)10-16(5)8-13-7-6-12(3)18-13/h6-7,11,15,17H,8-10H2,1-5H3. The molecule has 4 nitrogen and oxygen atoms in total. The first-order valence-electron chi connectivity index (χ1n) is 6.48. The summed E-state index contributed by atoms with van der Waals surface area (Å²) in [5.41, 5.74) is -0.735. The molecule has 0 saturated carbocycles. The Labute approximate surface area is 110 Å². The molecule has 0 spiro atoms. The number of nitrogens with zero attached hydrogens (tertiary/aromatic N) is 1. The molecule has 1 heterocycles. The number of aryl methyl sites for hydroxylation is 1. The number of nitrogens with one attached hydrogen (secondary N) is 1. The Morgan fingerprint density at radius 3 is 2.61 bits per heavy atom. The Morgan fingerprint density at radius 2 is 2.11 bits per heavy atom. The molecule has 104 valence electrons. The van der Waals surface area contributed by atoms with E-state index in [-0.39, 0.29) is 0 Å². The highest BCUT2D eigenvalue weighted by Gasteiger charge is 2.22. The molecule has 0 aromatic carbocycles. The maximum atomic E-state index is 10.3. The number of likely N-dealkylation sites (N-methyl/N-ethyl adjacent to an activating group) is 1. The second kappa shape index (κ2) is 6.36. The number of furan rings is 1. The van der Waals surface area contributed by atoms with Gasteiger partial charge in [0.25, 0.3) is 0 Å². The van der Waals surface area contributed by atoms with Crippen LogP contribution in [0.1, 0.15) is 32.3 Å². The zero-order valence-electron chi connectivity index (χ0n) is 12.2. The minimum Gasteiger partial charge on any atom is -0.465 e. The molecule has 0 aliphatic rings. The van der Waals surface area contributed by atoms with Crippen molar-refractivity contribution in [2.24, 2.45) is 0 Å². The van der Waals surface area contributed by atoms with Gasteiger partial charge in [-0.25, -0.2) is 0 Å². The highest BCUT2D eigenvalue weighted by Crippen LogP contribution is 2.11. The van der Waals surface area contributed by atoms with Gasteiger partial charge < -0.3 is 14.8 Å². The Morgan fingerprint density at radius 1 is 1.44 bits per heavy atom. The third kappa shape index (κ3) is 5.67. The van der Waals surface area contributed by atoms with Gasteiger partial charge in [0.15, 0.2) is 0 Å². The summed E-state index contributed by atoms with van der Waals surface area (Å²) in [6.45, 7) is 9.85. The Balaban J connectivity index is 2.40. The van der Waals surface area contributed by atoms with Crippen LogP contribution in [0.3, 0.4) is 0 Å². The first kappa shape index (κ1) is 15.2. The molecule has 0 amide bonds. The minimum atomic E-state index is -0.735. The summed E-state index contributed by atoms with van der Waals surface area (Å²) in [6, 6.07) is 4.32. The van der Waals surface area contributed by atoms with Crippen molar-refractivity contribution in [1.82, 2.24) is 10.2 Å². The van der Waals surface area contributed by atoms with Crippen LogP contribution in [-0.4, -0.2) is 41.8 Å². The van der Waals surface area contributed by atoms with Crippen molar-refractivity contribution in [3.05, 3.63) is 23.7 Å². The van der Waals surface area contributed by atoms with E-state index in [1.165, 1.54) is 0 Å². The molecule has 0 radical (unpaired) electrons. The van der Waals surface area contributed by atoms with Gasteiger partial charge in [0.05, 0.1) is 12.1 Å². The number of rotatable bonds is 7. The van der Waals surface area contributed by atoms with Gasteiger partial charge in [-0.3, -0.25) is 4.90 Å². The van der Waals surface area contributed by atoms with Crippen LogP contribution in [-0.2, 0) is 6.54 Å². The van der Waals surface area contributed by atoms with E-state index in [0.29, 0.717) is 25.7 Å². The van der Waals surface area contributed by atoms with Gasteiger partial charge >= 0.3 is 0 Å². The molecule has 2 N–H and O–H groups in total. The number of hydrogen-bond acceptors (Lipinski definition) is 4. The van der Waals surface area contributed by atoms with E-state index in [4.69, 9.17) is 4.42 Å². The fourth-order valence-corrected chi connectivity index (χ4v) is 1.95. The van der Waals surface area contributed by atoms with Crippen LogP contribution < -0.4 is 5.32 Å². The Hall–Kier alpha value is -0.840. The van der Waals surface area contributed by atoms with Crippen LogP contribution in [0.25, 0.3) is 0 Å². The van der Waals surface area contributed by atoms with Gasteiger partial charge in [0.2, 0.25) is 0 Å². The van der Waals surface area contributed by atoms with Crippen molar-refractivity contribution in [3.63, 3.8) is 0 Å². The predicted octanol–water partition coefficient (Wildman–Crippen LogP) is 1.77. The molecular weight excluding hydrogens is 228 g/mol. The fraction of sp³-hybridized carbons (Fsp3) is 0.714. The highest BCUT2D eigenvalue weighted by atomic mass is 16.3. The molecule has 0 saturated heterocycles. The molecule has 0 fully saturated rings. The number of hydrogen-bond donors (Lipinski definition) is 2. The van der Waals surface area contributed by atoms with Crippen LogP contribution in [0.4, 0.5) is 0 Å². The molecule has 1 atom stereocenters. The first-order chi connectivity index (χ1) is 8.28. The third-order valence-electron chi connectivity index (χ3n) is 2.72. The zero-order valence-corrected chi connectivity index (χ0v) is 12.2. The molecule has 0 bridgehead atoms. The maximum absolute atomic E-state index is 10.3. The molecule has 0 aliphatic carbocycles. The van der Waals surface area contributed by atoms with E-state index in [9.17, 15) is 5.11 Å². The van der Waals surface area contributed by atoms with Crippen molar-refractivity contribution in [2.45, 2.75) is 45.9 Å². The van der Waals surface area contributed by atoms with Gasteiger partial charge in [-0.05, 0) is 33.0 Å². The average Bonchev–Trinajstić information content (AvgIpc) is 2.60.